The standard InChI is InChI=1S/C21H21F3N4/c22-21(23,24)17-9-5-4-8-15(17)20-26-18-10-11-28(13-16(18)19(25)27-20)12-14-6-2-1-3-7-14/h1-4,6-8H,5,9-13H2,(H2,25,26,27). The fraction of sp³-hybridized carbons (Fsp3) is 0.333. The Hall–Kier alpha value is -2.67. The van der Waals surface area contributed by atoms with E-state index < -0.39 is 11.7 Å². The molecule has 0 unspecified atom stereocenters. The number of aromatic nitrogens is 2. The number of allylic oxidation sites excluding steroid dienone is 4. The molecule has 0 amide bonds. The molecule has 4 rings (SSSR count). The Balaban J connectivity index is 1.63. The maximum absolute atomic E-state index is 13.4. The number of nitrogens with two attached hydrogens (primary N) is 1. The fourth-order valence-electron chi connectivity index (χ4n) is 3.76. The molecule has 0 bridgehead atoms. The number of hydrogen-bond acceptors (Lipinski definition) is 4. The number of rotatable bonds is 3. The van der Waals surface area contributed by atoms with Gasteiger partial charge in [0.05, 0.1) is 5.69 Å². The van der Waals surface area contributed by atoms with Gasteiger partial charge in [-0.05, 0) is 18.4 Å². The Kier molecular flexibility index (Phi) is 4.93. The first kappa shape index (κ1) is 18.7. The molecule has 2 N–H and O–H groups in total. The molecule has 1 aliphatic heterocycles. The van der Waals surface area contributed by atoms with Crippen LogP contribution in [0.2, 0.25) is 0 Å². The second kappa shape index (κ2) is 7.39. The van der Waals surface area contributed by atoms with E-state index >= 15 is 0 Å². The molecule has 2 aromatic rings. The highest BCUT2D eigenvalue weighted by atomic mass is 19.4. The first-order valence-electron chi connectivity index (χ1n) is 9.30. The summed E-state index contributed by atoms with van der Waals surface area (Å²) in [6.45, 7) is 2.16. The number of alkyl halides is 3. The quantitative estimate of drug-likeness (QED) is 0.855. The summed E-state index contributed by atoms with van der Waals surface area (Å²) in [4.78, 5) is 11.0. The van der Waals surface area contributed by atoms with Crippen LogP contribution in [0.3, 0.4) is 0 Å². The van der Waals surface area contributed by atoms with Crippen LogP contribution >= 0.6 is 0 Å². The molecule has 1 aliphatic carbocycles. The Labute approximate surface area is 161 Å². The molecule has 1 aromatic heterocycles. The molecule has 28 heavy (non-hydrogen) atoms. The molecule has 0 saturated heterocycles. The maximum Gasteiger partial charge on any atom is 0.413 e. The summed E-state index contributed by atoms with van der Waals surface area (Å²) in [7, 11) is 0. The van der Waals surface area contributed by atoms with E-state index in [1.807, 2.05) is 18.2 Å². The van der Waals surface area contributed by atoms with Gasteiger partial charge in [-0.2, -0.15) is 13.2 Å². The van der Waals surface area contributed by atoms with Crippen molar-refractivity contribution < 1.29 is 13.2 Å². The van der Waals surface area contributed by atoms with Gasteiger partial charge >= 0.3 is 6.18 Å². The summed E-state index contributed by atoms with van der Waals surface area (Å²) in [6.07, 6.45) is -0.238. The Bertz CT molecular complexity index is 933. The molecule has 1 aromatic carbocycles. The summed E-state index contributed by atoms with van der Waals surface area (Å²) >= 11 is 0. The number of nitrogens with zero attached hydrogens (tertiary/aromatic N) is 3. The van der Waals surface area contributed by atoms with E-state index in [0.717, 1.165) is 24.3 Å². The minimum Gasteiger partial charge on any atom is -0.383 e. The van der Waals surface area contributed by atoms with Crippen LogP contribution in [0, 0.1) is 0 Å². The summed E-state index contributed by atoms with van der Waals surface area (Å²) in [5.74, 6) is 0.349. The first-order chi connectivity index (χ1) is 13.4. The van der Waals surface area contributed by atoms with Gasteiger partial charge in [-0.3, -0.25) is 4.90 Å². The summed E-state index contributed by atoms with van der Waals surface area (Å²) in [5.41, 5.74) is 8.39. The third-order valence-corrected chi connectivity index (χ3v) is 5.17. The first-order valence-corrected chi connectivity index (χ1v) is 9.30. The minimum atomic E-state index is -4.39. The number of benzene rings is 1. The minimum absolute atomic E-state index is 0.0416. The highest BCUT2D eigenvalue weighted by Gasteiger charge is 2.37. The van der Waals surface area contributed by atoms with Crippen molar-refractivity contribution in [1.82, 2.24) is 14.9 Å². The zero-order valence-electron chi connectivity index (χ0n) is 15.3. The topological polar surface area (TPSA) is 55.0 Å². The lowest BCUT2D eigenvalue weighted by molar-refractivity contribution is -0.0933. The molecule has 2 aliphatic rings. The van der Waals surface area contributed by atoms with Crippen molar-refractivity contribution in [3.63, 3.8) is 0 Å². The summed E-state index contributed by atoms with van der Waals surface area (Å²) < 4.78 is 40.2. The third kappa shape index (κ3) is 3.80. The largest absolute Gasteiger partial charge is 0.413 e. The van der Waals surface area contributed by atoms with Crippen LogP contribution in [0.25, 0.3) is 5.57 Å². The number of nitrogen functional groups attached to an aromatic ring is 1. The molecule has 0 spiro atoms. The fourth-order valence-corrected chi connectivity index (χ4v) is 3.76. The molecule has 7 heteroatoms. The molecule has 0 saturated carbocycles. The number of halogens is 3. The van der Waals surface area contributed by atoms with Crippen LogP contribution in [0.15, 0.2) is 48.1 Å². The number of anilines is 1. The van der Waals surface area contributed by atoms with E-state index in [-0.39, 0.29) is 23.6 Å². The number of fused-ring (bicyclic) bond motifs is 1. The van der Waals surface area contributed by atoms with Gasteiger partial charge in [-0.25, -0.2) is 9.97 Å². The van der Waals surface area contributed by atoms with Crippen molar-refractivity contribution >= 4 is 11.4 Å². The molecule has 146 valence electrons. The van der Waals surface area contributed by atoms with Crippen molar-refractivity contribution in [1.29, 1.82) is 0 Å². The van der Waals surface area contributed by atoms with Gasteiger partial charge in [0, 0.05) is 42.8 Å². The van der Waals surface area contributed by atoms with Gasteiger partial charge in [0.1, 0.15) is 5.82 Å². The molecular formula is C21H21F3N4. The van der Waals surface area contributed by atoms with Gasteiger partial charge in [-0.15, -0.1) is 0 Å². The summed E-state index contributed by atoms with van der Waals surface area (Å²) in [5, 5.41) is 0. The molecule has 0 fully saturated rings. The van der Waals surface area contributed by atoms with Crippen molar-refractivity contribution in [3.8, 4) is 0 Å². The Morgan fingerprint density at radius 2 is 1.86 bits per heavy atom. The lowest BCUT2D eigenvalue weighted by Gasteiger charge is -2.29. The predicted octanol–water partition coefficient (Wildman–Crippen LogP) is 4.28. The smallest absolute Gasteiger partial charge is 0.383 e. The van der Waals surface area contributed by atoms with Gasteiger partial charge in [0.25, 0.3) is 0 Å². The normalized spacial score (nSPS) is 17.7. The van der Waals surface area contributed by atoms with E-state index in [4.69, 9.17) is 5.73 Å². The van der Waals surface area contributed by atoms with Gasteiger partial charge in [-0.1, -0.05) is 42.5 Å². The van der Waals surface area contributed by atoms with Crippen molar-refractivity contribution in [2.45, 2.75) is 38.5 Å². The Morgan fingerprint density at radius 3 is 2.61 bits per heavy atom. The zero-order valence-corrected chi connectivity index (χ0v) is 15.3. The monoisotopic (exact) mass is 386 g/mol. The van der Waals surface area contributed by atoms with Crippen molar-refractivity contribution in [2.24, 2.45) is 0 Å². The second-order valence-electron chi connectivity index (χ2n) is 7.13. The lowest BCUT2D eigenvalue weighted by Crippen LogP contribution is -2.32. The highest BCUT2D eigenvalue weighted by molar-refractivity contribution is 5.75. The Morgan fingerprint density at radius 1 is 1.07 bits per heavy atom. The van der Waals surface area contributed by atoms with E-state index in [0.29, 0.717) is 19.4 Å². The van der Waals surface area contributed by atoms with Gasteiger partial charge in [0.15, 0.2) is 5.82 Å². The third-order valence-electron chi connectivity index (χ3n) is 5.17. The van der Waals surface area contributed by atoms with E-state index in [9.17, 15) is 13.2 Å². The molecule has 4 nitrogen and oxygen atoms in total. The van der Waals surface area contributed by atoms with E-state index in [2.05, 4.69) is 27.0 Å². The van der Waals surface area contributed by atoms with Crippen LogP contribution in [0.1, 0.15) is 35.5 Å². The van der Waals surface area contributed by atoms with Crippen LogP contribution < -0.4 is 5.73 Å². The molecule has 2 heterocycles. The molecular weight excluding hydrogens is 365 g/mol. The van der Waals surface area contributed by atoms with Crippen molar-refractivity contribution in [3.05, 3.63) is 70.7 Å². The second-order valence-corrected chi connectivity index (χ2v) is 7.13. The van der Waals surface area contributed by atoms with Crippen molar-refractivity contribution in [2.75, 3.05) is 12.3 Å². The van der Waals surface area contributed by atoms with E-state index in [1.165, 1.54) is 11.6 Å². The average Bonchev–Trinajstić information content (AvgIpc) is 2.68. The van der Waals surface area contributed by atoms with Crippen LogP contribution in [-0.4, -0.2) is 27.6 Å². The zero-order chi connectivity index (χ0) is 19.7. The van der Waals surface area contributed by atoms with Crippen LogP contribution in [-0.2, 0) is 19.5 Å². The molecule has 0 radical (unpaired) electrons. The predicted molar refractivity (Wildman–Crippen MR) is 102 cm³/mol. The number of hydrogen-bond donors (Lipinski definition) is 1. The van der Waals surface area contributed by atoms with Gasteiger partial charge < -0.3 is 5.73 Å². The lowest BCUT2D eigenvalue weighted by atomic mass is 9.96. The van der Waals surface area contributed by atoms with Crippen LogP contribution in [0.5, 0.6) is 0 Å². The average molecular weight is 386 g/mol. The maximum atomic E-state index is 13.4. The van der Waals surface area contributed by atoms with E-state index in [1.54, 1.807) is 6.08 Å². The highest BCUT2D eigenvalue weighted by Crippen LogP contribution is 2.38. The van der Waals surface area contributed by atoms with Gasteiger partial charge in [0.2, 0.25) is 0 Å². The summed E-state index contributed by atoms with van der Waals surface area (Å²) in [6, 6.07) is 10.1. The van der Waals surface area contributed by atoms with Crippen LogP contribution in [0.4, 0.5) is 19.0 Å². The molecule has 0 atom stereocenters. The SMILES string of the molecule is Nc1nc(C2=C(C(F)(F)F)CCC=C2)nc2c1CN(Cc1ccccc1)CC2.